The van der Waals surface area contributed by atoms with E-state index in [9.17, 15) is 0 Å². The lowest BCUT2D eigenvalue weighted by Crippen LogP contribution is -2.37. The molecule has 66 valence electrons. The van der Waals surface area contributed by atoms with Crippen molar-refractivity contribution in [3.63, 3.8) is 0 Å². The fourth-order valence-corrected chi connectivity index (χ4v) is 1.54. The first kappa shape index (κ1) is 8.97. The van der Waals surface area contributed by atoms with Crippen LogP contribution < -0.4 is 5.90 Å². The third-order valence-electron chi connectivity index (χ3n) is 2.35. The van der Waals surface area contributed by atoms with Crippen LogP contribution in [0.1, 0.15) is 32.6 Å². The van der Waals surface area contributed by atoms with Crippen molar-refractivity contribution in [2.75, 3.05) is 13.1 Å². The zero-order valence-electron chi connectivity index (χ0n) is 7.25. The highest BCUT2D eigenvalue weighted by molar-refractivity contribution is 4.63. The molecule has 0 radical (unpaired) electrons. The minimum Gasteiger partial charge on any atom is -0.286 e. The van der Waals surface area contributed by atoms with Crippen molar-refractivity contribution in [2.45, 2.75) is 38.8 Å². The number of likely N-dealkylation sites (tertiary alicyclic amines) is 1. The minimum atomic E-state index is 0.0908. The van der Waals surface area contributed by atoms with E-state index in [4.69, 9.17) is 10.7 Å². The van der Waals surface area contributed by atoms with Gasteiger partial charge in [-0.3, -0.25) is 9.74 Å². The molecule has 0 amide bonds. The maximum atomic E-state index is 5.11. The normalized spacial score (nSPS) is 24.5. The third-order valence-corrected chi connectivity index (χ3v) is 2.35. The van der Waals surface area contributed by atoms with Crippen LogP contribution in [0.25, 0.3) is 0 Å². The Morgan fingerprint density at radius 2 is 1.73 bits per heavy atom. The van der Waals surface area contributed by atoms with Gasteiger partial charge in [-0.1, -0.05) is 12.8 Å². The molecule has 1 atom stereocenters. The summed E-state index contributed by atoms with van der Waals surface area (Å²) in [4.78, 5) is 7.07. The van der Waals surface area contributed by atoms with Gasteiger partial charge in [0, 0.05) is 13.1 Å². The first-order valence-corrected chi connectivity index (χ1v) is 4.44. The summed E-state index contributed by atoms with van der Waals surface area (Å²) in [5.74, 6) is 5.11. The molecule has 3 heteroatoms. The predicted octanol–water partition coefficient (Wildman–Crippen LogP) is 1.10. The summed E-state index contributed by atoms with van der Waals surface area (Å²) in [7, 11) is 0. The summed E-state index contributed by atoms with van der Waals surface area (Å²) >= 11 is 0. The summed E-state index contributed by atoms with van der Waals surface area (Å²) in [6.45, 7) is 4.28. The van der Waals surface area contributed by atoms with Gasteiger partial charge in [-0.2, -0.15) is 0 Å². The topological polar surface area (TPSA) is 38.5 Å². The van der Waals surface area contributed by atoms with E-state index < -0.39 is 0 Å². The van der Waals surface area contributed by atoms with Crippen LogP contribution in [0.3, 0.4) is 0 Å². The molecular formula is C8H18N2O. The molecule has 1 aliphatic rings. The van der Waals surface area contributed by atoms with E-state index in [1.165, 1.54) is 25.7 Å². The van der Waals surface area contributed by atoms with Gasteiger partial charge in [0.25, 0.3) is 0 Å². The van der Waals surface area contributed by atoms with Gasteiger partial charge < -0.3 is 0 Å². The van der Waals surface area contributed by atoms with Crippen LogP contribution in [-0.2, 0) is 4.84 Å². The van der Waals surface area contributed by atoms with Crippen molar-refractivity contribution in [3.05, 3.63) is 0 Å². The van der Waals surface area contributed by atoms with Crippen LogP contribution in [0.2, 0.25) is 0 Å². The van der Waals surface area contributed by atoms with Crippen LogP contribution in [0.5, 0.6) is 0 Å². The summed E-state index contributed by atoms with van der Waals surface area (Å²) in [5, 5.41) is 0. The number of hydrogen-bond donors (Lipinski definition) is 1. The van der Waals surface area contributed by atoms with E-state index in [0.29, 0.717) is 0 Å². The highest BCUT2D eigenvalue weighted by Gasteiger charge is 2.14. The second kappa shape index (κ2) is 4.70. The lowest BCUT2D eigenvalue weighted by Gasteiger charge is -2.24. The van der Waals surface area contributed by atoms with E-state index in [-0.39, 0.29) is 6.23 Å². The lowest BCUT2D eigenvalue weighted by molar-refractivity contribution is -0.0477. The Kier molecular flexibility index (Phi) is 3.83. The van der Waals surface area contributed by atoms with E-state index in [1.54, 1.807) is 0 Å². The van der Waals surface area contributed by atoms with Gasteiger partial charge in [0.15, 0.2) is 0 Å². The Morgan fingerprint density at radius 3 is 2.18 bits per heavy atom. The molecule has 0 spiro atoms. The Morgan fingerprint density at radius 1 is 1.18 bits per heavy atom. The monoisotopic (exact) mass is 158 g/mol. The molecule has 0 saturated carbocycles. The van der Waals surface area contributed by atoms with Gasteiger partial charge >= 0.3 is 0 Å². The summed E-state index contributed by atoms with van der Waals surface area (Å²) < 4.78 is 0. The molecule has 1 unspecified atom stereocenters. The van der Waals surface area contributed by atoms with Crippen molar-refractivity contribution in [1.29, 1.82) is 0 Å². The fraction of sp³-hybridized carbons (Fsp3) is 1.00. The fourth-order valence-electron chi connectivity index (χ4n) is 1.54. The first-order chi connectivity index (χ1) is 5.34. The Labute approximate surface area is 68.5 Å². The largest absolute Gasteiger partial charge is 0.286 e. The maximum absolute atomic E-state index is 5.11. The molecule has 1 saturated heterocycles. The Hall–Kier alpha value is -0.120. The standard InChI is InChI=1S/C8H18N2O/c1-8(11-9)10-6-4-2-3-5-7-10/h8H,2-7,9H2,1H3. The number of nitrogens with zero attached hydrogens (tertiary/aromatic N) is 1. The molecular weight excluding hydrogens is 140 g/mol. The molecule has 1 fully saturated rings. The van der Waals surface area contributed by atoms with Crippen LogP contribution in [-0.4, -0.2) is 24.2 Å². The quantitative estimate of drug-likeness (QED) is 0.611. The summed E-state index contributed by atoms with van der Waals surface area (Å²) in [5.41, 5.74) is 0. The van der Waals surface area contributed by atoms with Crippen molar-refractivity contribution in [3.8, 4) is 0 Å². The Bertz CT molecular complexity index is 100. The van der Waals surface area contributed by atoms with Gasteiger partial charge in [-0.25, -0.2) is 5.90 Å². The van der Waals surface area contributed by atoms with Crippen LogP contribution in [0.15, 0.2) is 0 Å². The zero-order valence-corrected chi connectivity index (χ0v) is 7.25. The number of nitrogens with two attached hydrogens (primary N) is 1. The molecule has 11 heavy (non-hydrogen) atoms. The maximum Gasteiger partial charge on any atom is 0.128 e. The van der Waals surface area contributed by atoms with E-state index in [2.05, 4.69) is 4.90 Å². The van der Waals surface area contributed by atoms with Gasteiger partial charge in [-0.05, 0) is 19.8 Å². The van der Waals surface area contributed by atoms with Crippen molar-refractivity contribution >= 4 is 0 Å². The van der Waals surface area contributed by atoms with Crippen molar-refractivity contribution in [2.24, 2.45) is 5.90 Å². The molecule has 0 bridgehead atoms. The predicted molar refractivity (Wildman–Crippen MR) is 44.8 cm³/mol. The molecule has 1 heterocycles. The average Bonchev–Trinajstić information content (AvgIpc) is 2.30. The van der Waals surface area contributed by atoms with Gasteiger partial charge in [0.05, 0.1) is 0 Å². The first-order valence-electron chi connectivity index (χ1n) is 4.44. The van der Waals surface area contributed by atoms with Crippen LogP contribution >= 0.6 is 0 Å². The van der Waals surface area contributed by atoms with E-state index in [1.807, 2.05) is 6.92 Å². The zero-order chi connectivity index (χ0) is 8.10. The number of hydrogen-bond acceptors (Lipinski definition) is 3. The van der Waals surface area contributed by atoms with E-state index in [0.717, 1.165) is 13.1 Å². The van der Waals surface area contributed by atoms with Gasteiger partial charge in [0.2, 0.25) is 0 Å². The second-order valence-electron chi connectivity index (χ2n) is 3.19. The van der Waals surface area contributed by atoms with Crippen molar-refractivity contribution in [1.82, 2.24) is 4.90 Å². The van der Waals surface area contributed by atoms with Gasteiger partial charge in [0.1, 0.15) is 6.23 Å². The highest BCUT2D eigenvalue weighted by Crippen LogP contribution is 2.11. The molecule has 0 aromatic carbocycles. The molecule has 0 aromatic heterocycles. The number of rotatable bonds is 2. The molecule has 2 N–H and O–H groups in total. The molecule has 1 rings (SSSR count). The molecule has 0 aliphatic carbocycles. The lowest BCUT2D eigenvalue weighted by atomic mass is 10.2. The summed E-state index contributed by atoms with van der Waals surface area (Å²) in [6.07, 6.45) is 5.37. The Balaban J connectivity index is 2.30. The molecule has 0 aromatic rings. The molecule has 1 aliphatic heterocycles. The minimum absolute atomic E-state index is 0.0908. The second-order valence-corrected chi connectivity index (χ2v) is 3.19. The van der Waals surface area contributed by atoms with Crippen LogP contribution in [0.4, 0.5) is 0 Å². The SMILES string of the molecule is CC(ON)N1CCCCCC1. The van der Waals surface area contributed by atoms with Crippen LogP contribution in [0, 0.1) is 0 Å². The third kappa shape index (κ3) is 2.77. The highest BCUT2D eigenvalue weighted by atomic mass is 16.6. The van der Waals surface area contributed by atoms with Gasteiger partial charge in [-0.15, -0.1) is 0 Å². The van der Waals surface area contributed by atoms with E-state index >= 15 is 0 Å². The summed E-state index contributed by atoms with van der Waals surface area (Å²) in [6, 6.07) is 0. The van der Waals surface area contributed by atoms with Crippen molar-refractivity contribution < 1.29 is 4.84 Å². The molecule has 3 nitrogen and oxygen atoms in total. The smallest absolute Gasteiger partial charge is 0.128 e. The average molecular weight is 158 g/mol.